The van der Waals surface area contributed by atoms with E-state index in [-0.39, 0.29) is 0 Å². The molecule has 2 nitrogen and oxygen atoms in total. The number of halogens is 1. The van der Waals surface area contributed by atoms with Gasteiger partial charge in [-0.15, -0.1) is 0 Å². The first kappa shape index (κ1) is 12.8. The van der Waals surface area contributed by atoms with Gasteiger partial charge in [-0.05, 0) is 30.7 Å². The molecule has 3 heteroatoms. The number of rotatable bonds is 2. The summed E-state index contributed by atoms with van der Waals surface area (Å²) in [6.07, 6.45) is 0. The first-order valence-electron chi connectivity index (χ1n) is 6.43. The van der Waals surface area contributed by atoms with Crippen molar-refractivity contribution in [3.05, 3.63) is 59.2 Å². The maximum atomic E-state index is 9.04. The van der Waals surface area contributed by atoms with Gasteiger partial charge in [-0.25, -0.2) is 0 Å². The topological polar surface area (TPSA) is 28.7 Å². The van der Waals surface area contributed by atoms with Gasteiger partial charge in [-0.2, -0.15) is 5.26 Å². The third-order valence-corrected chi connectivity index (χ3v) is 3.81. The summed E-state index contributed by atoms with van der Waals surface area (Å²) in [5.41, 5.74) is 4.44. The van der Waals surface area contributed by atoms with Crippen molar-refractivity contribution in [2.75, 3.05) is 0 Å². The number of hydrogen-bond donors (Lipinski definition) is 0. The standard InChI is InChI=1S/C17H13ClN2/c1-12-17(13-5-3-2-4-6-13)15-11-14(18)7-8-16(15)20(12)10-9-19/h2-8,11H,10H2,1H3. The first-order chi connectivity index (χ1) is 9.72. The molecular weight excluding hydrogens is 268 g/mol. The molecule has 0 amide bonds. The van der Waals surface area contributed by atoms with Crippen LogP contribution in [0.3, 0.4) is 0 Å². The highest BCUT2D eigenvalue weighted by Crippen LogP contribution is 2.35. The second-order valence-corrected chi connectivity index (χ2v) is 5.17. The van der Waals surface area contributed by atoms with Crippen LogP contribution in [0.4, 0.5) is 0 Å². The number of fused-ring (bicyclic) bond motifs is 1. The van der Waals surface area contributed by atoms with Gasteiger partial charge in [0.05, 0.1) is 6.07 Å². The molecule has 0 aliphatic heterocycles. The number of nitrogens with zero attached hydrogens (tertiary/aromatic N) is 2. The Hall–Kier alpha value is -2.24. The van der Waals surface area contributed by atoms with Gasteiger partial charge < -0.3 is 4.57 Å². The third kappa shape index (κ3) is 1.97. The Bertz CT molecular complexity index is 810. The zero-order chi connectivity index (χ0) is 14.1. The van der Waals surface area contributed by atoms with Crippen LogP contribution in [-0.4, -0.2) is 4.57 Å². The summed E-state index contributed by atoms with van der Waals surface area (Å²) in [5, 5.41) is 10.8. The van der Waals surface area contributed by atoms with Crippen molar-refractivity contribution in [3.8, 4) is 17.2 Å². The average Bonchev–Trinajstić information content (AvgIpc) is 2.72. The Morgan fingerprint density at radius 2 is 1.90 bits per heavy atom. The monoisotopic (exact) mass is 280 g/mol. The van der Waals surface area contributed by atoms with Crippen molar-refractivity contribution in [1.82, 2.24) is 4.57 Å². The SMILES string of the molecule is Cc1c(-c2ccccc2)c2cc(Cl)ccc2n1CC#N. The largest absolute Gasteiger partial charge is 0.330 e. The van der Waals surface area contributed by atoms with Crippen LogP contribution in [0.25, 0.3) is 22.0 Å². The van der Waals surface area contributed by atoms with Crippen LogP contribution >= 0.6 is 11.6 Å². The van der Waals surface area contributed by atoms with E-state index in [0.29, 0.717) is 11.6 Å². The highest BCUT2D eigenvalue weighted by molar-refractivity contribution is 6.31. The molecular formula is C17H13ClN2. The molecule has 0 saturated carbocycles. The van der Waals surface area contributed by atoms with Gasteiger partial charge in [0.2, 0.25) is 0 Å². The summed E-state index contributed by atoms with van der Waals surface area (Å²) < 4.78 is 2.04. The molecule has 0 fully saturated rings. The highest BCUT2D eigenvalue weighted by atomic mass is 35.5. The van der Waals surface area contributed by atoms with Crippen LogP contribution in [0.1, 0.15) is 5.69 Å². The van der Waals surface area contributed by atoms with E-state index in [9.17, 15) is 0 Å². The normalized spacial score (nSPS) is 10.7. The van der Waals surface area contributed by atoms with Crippen LogP contribution < -0.4 is 0 Å². The van der Waals surface area contributed by atoms with E-state index in [1.807, 2.05) is 47.9 Å². The Balaban J connectivity index is 2.39. The summed E-state index contributed by atoms with van der Waals surface area (Å²) in [6, 6.07) is 18.3. The molecule has 20 heavy (non-hydrogen) atoms. The van der Waals surface area contributed by atoms with Crippen molar-refractivity contribution in [3.63, 3.8) is 0 Å². The van der Waals surface area contributed by atoms with E-state index in [1.165, 1.54) is 0 Å². The van der Waals surface area contributed by atoms with E-state index < -0.39 is 0 Å². The number of aromatic nitrogens is 1. The third-order valence-electron chi connectivity index (χ3n) is 3.58. The van der Waals surface area contributed by atoms with E-state index in [0.717, 1.165) is 27.7 Å². The molecule has 98 valence electrons. The zero-order valence-electron chi connectivity index (χ0n) is 11.1. The molecule has 2 aromatic carbocycles. The Morgan fingerprint density at radius 3 is 2.60 bits per heavy atom. The maximum Gasteiger partial charge on any atom is 0.110 e. The molecule has 0 saturated heterocycles. The molecule has 0 aliphatic carbocycles. The molecule has 0 bridgehead atoms. The second-order valence-electron chi connectivity index (χ2n) is 4.73. The average molecular weight is 281 g/mol. The number of hydrogen-bond acceptors (Lipinski definition) is 1. The molecule has 1 heterocycles. The van der Waals surface area contributed by atoms with Crippen molar-refractivity contribution < 1.29 is 0 Å². The number of benzene rings is 2. The summed E-state index contributed by atoms with van der Waals surface area (Å²) in [6.45, 7) is 2.39. The summed E-state index contributed by atoms with van der Waals surface area (Å²) in [7, 11) is 0. The lowest BCUT2D eigenvalue weighted by atomic mass is 10.0. The molecule has 1 aromatic heterocycles. The fraction of sp³-hybridized carbons (Fsp3) is 0.118. The minimum absolute atomic E-state index is 0.344. The molecule has 0 spiro atoms. The molecule has 0 radical (unpaired) electrons. The van der Waals surface area contributed by atoms with Gasteiger partial charge in [0.25, 0.3) is 0 Å². The minimum Gasteiger partial charge on any atom is -0.330 e. The molecule has 3 aromatic rings. The van der Waals surface area contributed by atoms with Crippen LogP contribution in [0, 0.1) is 18.3 Å². The molecule has 0 unspecified atom stereocenters. The molecule has 0 aliphatic rings. The summed E-state index contributed by atoms with van der Waals surface area (Å²) >= 11 is 6.14. The van der Waals surface area contributed by atoms with E-state index in [1.54, 1.807) is 0 Å². The van der Waals surface area contributed by atoms with E-state index >= 15 is 0 Å². The van der Waals surface area contributed by atoms with Crippen molar-refractivity contribution in [1.29, 1.82) is 5.26 Å². The van der Waals surface area contributed by atoms with Gasteiger partial charge in [-0.1, -0.05) is 41.9 Å². The Kier molecular flexibility index (Phi) is 3.22. The molecule has 3 rings (SSSR count). The smallest absolute Gasteiger partial charge is 0.110 e. The summed E-state index contributed by atoms with van der Waals surface area (Å²) in [4.78, 5) is 0. The van der Waals surface area contributed by atoms with Gasteiger partial charge in [0.1, 0.15) is 6.54 Å². The van der Waals surface area contributed by atoms with Gasteiger partial charge in [-0.3, -0.25) is 0 Å². The van der Waals surface area contributed by atoms with Crippen LogP contribution in [0.2, 0.25) is 5.02 Å². The molecule has 0 atom stereocenters. The minimum atomic E-state index is 0.344. The van der Waals surface area contributed by atoms with Crippen LogP contribution in [-0.2, 0) is 6.54 Å². The predicted molar refractivity (Wildman–Crippen MR) is 82.7 cm³/mol. The van der Waals surface area contributed by atoms with Crippen LogP contribution in [0.5, 0.6) is 0 Å². The quantitative estimate of drug-likeness (QED) is 0.663. The van der Waals surface area contributed by atoms with E-state index in [4.69, 9.17) is 16.9 Å². The number of nitriles is 1. The fourth-order valence-corrected chi connectivity index (χ4v) is 2.87. The first-order valence-corrected chi connectivity index (χ1v) is 6.81. The molecule has 0 N–H and O–H groups in total. The van der Waals surface area contributed by atoms with Gasteiger partial charge in [0, 0.05) is 27.2 Å². The zero-order valence-corrected chi connectivity index (χ0v) is 11.9. The Labute approximate surface area is 122 Å². The van der Waals surface area contributed by atoms with Crippen molar-refractivity contribution in [2.24, 2.45) is 0 Å². The van der Waals surface area contributed by atoms with Gasteiger partial charge in [0.15, 0.2) is 0 Å². The fourth-order valence-electron chi connectivity index (χ4n) is 2.70. The highest BCUT2D eigenvalue weighted by Gasteiger charge is 2.15. The lowest BCUT2D eigenvalue weighted by Crippen LogP contribution is -1.97. The maximum absolute atomic E-state index is 9.04. The summed E-state index contributed by atoms with van der Waals surface area (Å²) in [5.74, 6) is 0. The second kappa shape index (κ2) is 5.03. The predicted octanol–water partition coefficient (Wildman–Crippen LogP) is 4.79. The lowest BCUT2D eigenvalue weighted by molar-refractivity contribution is 0.839. The van der Waals surface area contributed by atoms with Crippen molar-refractivity contribution >= 4 is 22.5 Å². The van der Waals surface area contributed by atoms with E-state index in [2.05, 4.69) is 18.2 Å². The van der Waals surface area contributed by atoms with Gasteiger partial charge >= 0.3 is 0 Å². The van der Waals surface area contributed by atoms with Crippen molar-refractivity contribution in [2.45, 2.75) is 13.5 Å². The lowest BCUT2D eigenvalue weighted by Gasteiger charge is -2.04. The Morgan fingerprint density at radius 1 is 1.15 bits per heavy atom. The van der Waals surface area contributed by atoms with Crippen LogP contribution in [0.15, 0.2) is 48.5 Å².